The zero-order chi connectivity index (χ0) is 16.5. The Morgan fingerprint density at radius 3 is 2.92 bits per heavy atom. The van der Waals surface area contributed by atoms with Crippen molar-refractivity contribution in [2.24, 2.45) is 0 Å². The Morgan fingerprint density at radius 2 is 2.08 bits per heavy atom. The highest BCUT2D eigenvalue weighted by molar-refractivity contribution is 9.10. The number of para-hydroxylation sites is 2. The number of carbonyl (C=O) groups excluding carboxylic acids is 1. The zero-order valence-corrected chi connectivity index (χ0v) is 14.7. The van der Waals surface area contributed by atoms with Crippen LogP contribution < -0.4 is 0 Å². The molecule has 1 aliphatic rings. The van der Waals surface area contributed by atoms with Crippen LogP contribution in [-0.2, 0) is 0 Å². The molecule has 1 saturated heterocycles. The molecular formula is C19H17BrN2O2. The lowest BCUT2D eigenvalue weighted by atomic mass is 9.97. The van der Waals surface area contributed by atoms with Crippen molar-refractivity contribution in [2.75, 3.05) is 13.1 Å². The maximum absolute atomic E-state index is 12.8. The van der Waals surface area contributed by atoms with Crippen LogP contribution in [0.5, 0.6) is 0 Å². The Morgan fingerprint density at radius 1 is 1.21 bits per heavy atom. The predicted molar refractivity (Wildman–Crippen MR) is 96.0 cm³/mol. The molecule has 2 aromatic carbocycles. The van der Waals surface area contributed by atoms with Crippen LogP contribution in [-0.4, -0.2) is 28.9 Å². The van der Waals surface area contributed by atoms with Crippen LogP contribution in [0.25, 0.3) is 11.1 Å². The number of fused-ring (bicyclic) bond motifs is 1. The fraction of sp³-hybridized carbons (Fsp3) is 0.263. The first-order chi connectivity index (χ1) is 11.7. The molecule has 5 heteroatoms. The molecule has 1 fully saturated rings. The molecule has 0 saturated carbocycles. The third-order valence-corrected chi connectivity index (χ3v) is 4.93. The third kappa shape index (κ3) is 2.96. The first-order valence-electron chi connectivity index (χ1n) is 8.11. The molecule has 0 N–H and O–H groups in total. The summed E-state index contributed by atoms with van der Waals surface area (Å²) in [7, 11) is 0. The van der Waals surface area contributed by atoms with Crippen LogP contribution in [0.15, 0.2) is 57.4 Å². The van der Waals surface area contributed by atoms with E-state index in [0.29, 0.717) is 12.1 Å². The summed E-state index contributed by atoms with van der Waals surface area (Å²) in [6.07, 6.45) is 1.96. The maximum atomic E-state index is 12.8. The molecule has 0 aliphatic carbocycles. The van der Waals surface area contributed by atoms with E-state index < -0.39 is 0 Å². The normalized spacial score (nSPS) is 18.0. The van der Waals surface area contributed by atoms with Crippen molar-refractivity contribution < 1.29 is 9.21 Å². The topological polar surface area (TPSA) is 46.3 Å². The van der Waals surface area contributed by atoms with Crippen molar-refractivity contribution in [3.05, 3.63) is 64.5 Å². The second-order valence-corrected chi connectivity index (χ2v) is 7.04. The van der Waals surface area contributed by atoms with Gasteiger partial charge in [0.15, 0.2) is 11.5 Å². The Balaban J connectivity index is 1.56. The SMILES string of the molecule is O=C(c1cccc(Br)c1)N1CCC[C@@H](c2nc3ccccc3o2)C1. The number of aromatic nitrogens is 1. The highest BCUT2D eigenvalue weighted by Gasteiger charge is 2.28. The molecule has 2 heterocycles. The second-order valence-electron chi connectivity index (χ2n) is 6.12. The van der Waals surface area contributed by atoms with Crippen molar-refractivity contribution in [3.63, 3.8) is 0 Å². The van der Waals surface area contributed by atoms with Gasteiger partial charge in [-0.15, -0.1) is 0 Å². The van der Waals surface area contributed by atoms with Gasteiger partial charge >= 0.3 is 0 Å². The Bertz CT molecular complexity index is 857. The van der Waals surface area contributed by atoms with Crippen molar-refractivity contribution in [1.82, 2.24) is 9.88 Å². The minimum Gasteiger partial charge on any atom is -0.440 e. The Labute approximate surface area is 148 Å². The average Bonchev–Trinajstić information content (AvgIpc) is 3.05. The molecule has 1 aliphatic heterocycles. The first kappa shape index (κ1) is 15.4. The summed E-state index contributed by atoms with van der Waals surface area (Å²) < 4.78 is 6.82. The van der Waals surface area contributed by atoms with Crippen LogP contribution >= 0.6 is 15.9 Å². The van der Waals surface area contributed by atoms with E-state index in [-0.39, 0.29) is 11.8 Å². The Kier molecular flexibility index (Phi) is 4.10. The molecule has 1 aromatic heterocycles. The van der Waals surface area contributed by atoms with Crippen LogP contribution in [0.2, 0.25) is 0 Å². The number of nitrogens with zero attached hydrogens (tertiary/aromatic N) is 2. The van der Waals surface area contributed by atoms with Gasteiger partial charge in [0.1, 0.15) is 5.52 Å². The van der Waals surface area contributed by atoms with Gasteiger partial charge in [0.25, 0.3) is 5.91 Å². The van der Waals surface area contributed by atoms with Gasteiger partial charge in [0.2, 0.25) is 0 Å². The molecule has 0 radical (unpaired) electrons. The summed E-state index contributed by atoms with van der Waals surface area (Å²) in [6, 6.07) is 15.3. The van der Waals surface area contributed by atoms with Crippen LogP contribution in [0.4, 0.5) is 0 Å². The molecule has 24 heavy (non-hydrogen) atoms. The minimum atomic E-state index is 0.0668. The predicted octanol–water partition coefficient (Wildman–Crippen LogP) is 4.61. The van der Waals surface area contributed by atoms with Crippen molar-refractivity contribution in [2.45, 2.75) is 18.8 Å². The van der Waals surface area contributed by atoms with Crippen LogP contribution in [0, 0.1) is 0 Å². The van der Waals surface area contributed by atoms with E-state index in [4.69, 9.17) is 4.42 Å². The van der Waals surface area contributed by atoms with Gasteiger partial charge in [0, 0.05) is 23.1 Å². The summed E-state index contributed by atoms with van der Waals surface area (Å²) in [5.74, 6) is 0.960. The van der Waals surface area contributed by atoms with E-state index in [9.17, 15) is 4.79 Å². The van der Waals surface area contributed by atoms with Gasteiger partial charge in [-0.1, -0.05) is 34.1 Å². The Hall–Kier alpha value is -2.14. The monoisotopic (exact) mass is 384 g/mol. The van der Waals surface area contributed by atoms with E-state index >= 15 is 0 Å². The summed E-state index contributed by atoms with van der Waals surface area (Å²) in [5.41, 5.74) is 2.40. The number of halogens is 1. The lowest BCUT2D eigenvalue weighted by molar-refractivity contribution is 0.0699. The summed E-state index contributed by atoms with van der Waals surface area (Å²) >= 11 is 3.43. The molecular weight excluding hydrogens is 368 g/mol. The molecule has 4 nitrogen and oxygen atoms in total. The molecule has 122 valence electrons. The molecule has 4 rings (SSSR count). The molecule has 0 bridgehead atoms. The number of rotatable bonds is 2. The smallest absolute Gasteiger partial charge is 0.253 e. The number of hydrogen-bond donors (Lipinski definition) is 0. The summed E-state index contributed by atoms with van der Waals surface area (Å²) in [6.45, 7) is 1.43. The van der Waals surface area contributed by atoms with E-state index in [1.54, 1.807) is 0 Å². The number of carbonyl (C=O) groups is 1. The highest BCUT2D eigenvalue weighted by atomic mass is 79.9. The van der Waals surface area contributed by atoms with Gasteiger partial charge in [-0.05, 0) is 43.2 Å². The van der Waals surface area contributed by atoms with Gasteiger partial charge in [-0.3, -0.25) is 4.79 Å². The van der Waals surface area contributed by atoms with E-state index in [0.717, 1.165) is 40.8 Å². The fourth-order valence-corrected chi connectivity index (χ4v) is 3.63. The van der Waals surface area contributed by atoms with Crippen molar-refractivity contribution in [3.8, 4) is 0 Å². The zero-order valence-electron chi connectivity index (χ0n) is 13.1. The molecule has 1 amide bonds. The quantitative estimate of drug-likeness (QED) is 0.647. The van der Waals surface area contributed by atoms with Crippen LogP contribution in [0.1, 0.15) is 35.0 Å². The number of hydrogen-bond acceptors (Lipinski definition) is 3. The van der Waals surface area contributed by atoms with E-state index in [1.165, 1.54) is 0 Å². The van der Waals surface area contributed by atoms with E-state index in [2.05, 4.69) is 20.9 Å². The lowest BCUT2D eigenvalue weighted by Gasteiger charge is -2.31. The van der Waals surface area contributed by atoms with Gasteiger partial charge in [-0.25, -0.2) is 4.98 Å². The molecule has 1 atom stereocenters. The van der Waals surface area contributed by atoms with Crippen LogP contribution in [0.3, 0.4) is 0 Å². The van der Waals surface area contributed by atoms with Gasteiger partial charge in [-0.2, -0.15) is 0 Å². The number of benzene rings is 2. The number of amides is 1. The highest BCUT2D eigenvalue weighted by Crippen LogP contribution is 2.29. The minimum absolute atomic E-state index is 0.0668. The molecule has 0 spiro atoms. The summed E-state index contributed by atoms with van der Waals surface area (Å²) in [5, 5.41) is 0. The van der Waals surface area contributed by atoms with Crippen molar-refractivity contribution in [1.29, 1.82) is 0 Å². The standard InChI is InChI=1S/C19H17BrN2O2/c20-15-7-3-5-13(11-15)19(23)22-10-4-6-14(12-22)18-21-16-8-1-2-9-17(16)24-18/h1-3,5,7-9,11,14H,4,6,10,12H2/t14-/m1/s1. The molecule has 0 unspecified atom stereocenters. The number of piperidine rings is 1. The largest absolute Gasteiger partial charge is 0.440 e. The third-order valence-electron chi connectivity index (χ3n) is 4.44. The second kappa shape index (κ2) is 6.40. The van der Waals surface area contributed by atoms with Crippen molar-refractivity contribution >= 4 is 32.9 Å². The summed E-state index contributed by atoms with van der Waals surface area (Å²) in [4.78, 5) is 19.3. The lowest BCUT2D eigenvalue weighted by Crippen LogP contribution is -2.39. The first-order valence-corrected chi connectivity index (χ1v) is 8.90. The van der Waals surface area contributed by atoms with Gasteiger partial charge in [0.05, 0.1) is 5.92 Å². The molecule has 3 aromatic rings. The average molecular weight is 385 g/mol. The van der Waals surface area contributed by atoms with Gasteiger partial charge < -0.3 is 9.32 Å². The fourth-order valence-electron chi connectivity index (χ4n) is 3.23. The maximum Gasteiger partial charge on any atom is 0.253 e. The number of oxazole rings is 1. The van der Waals surface area contributed by atoms with E-state index in [1.807, 2.05) is 53.4 Å². The number of likely N-dealkylation sites (tertiary alicyclic amines) is 1.